The predicted octanol–water partition coefficient (Wildman–Crippen LogP) is 2.79. The summed E-state index contributed by atoms with van der Waals surface area (Å²) in [5.41, 5.74) is 7.01. The Morgan fingerprint density at radius 1 is 1.04 bits per heavy atom. The number of primary amides is 1. The van der Waals surface area contributed by atoms with Gasteiger partial charge < -0.3 is 11.1 Å². The van der Waals surface area contributed by atoms with Gasteiger partial charge in [-0.05, 0) is 30.3 Å². The molecule has 0 aliphatic carbocycles. The van der Waals surface area contributed by atoms with Crippen LogP contribution in [0.5, 0.6) is 0 Å². The van der Waals surface area contributed by atoms with Crippen molar-refractivity contribution in [2.24, 2.45) is 5.73 Å². The Balaban J connectivity index is 1.82. The molecule has 5 N–H and O–H groups in total. The Bertz CT molecular complexity index is 1030. The zero-order valence-corrected chi connectivity index (χ0v) is 14.6. The van der Waals surface area contributed by atoms with E-state index in [0.29, 0.717) is 27.5 Å². The first-order chi connectivity index (χ1) is 12.9. The lowest BCUT2D eigenvalue weighted by molar-refractivity contribution is 0.0964. The Hall–Kier alpha value is -3.65. The number of rotatable bonds is 4. The predicted molar refractivity (Wildman–Crippen MR) is 100 cm³/mol. The van der Waals surface area contributed by atoms with Crippen LogP contribution >= 0.6 is 11.6 Å². The number of hydrogen-bond donors (Lipinski definition) is 4. The summed E-state index contributed by atoms with van der Waals surface area (Å²) < 4.78 is 0. The maximum atomic E-state index is 12.6. The fourth-order valence-corrected chi connectivity index (χ4v) is 2.63. The maximum Gasteiger partial charge on any atom is 0.319 e. The van der Waals surface area contributed by atoms with Gasteiger partial charge in [-0.3, -0.25) is 20.0 Å². The molecular weight excluding hydrogens is 370 g/mol. The summed E-state index contributed by atoms with van der Waals surface area (Å²) in [6, 6.07) is 12.1. The molecule has 1 aromatic heterocycles. The topological polar surface area (TPSA) is 130 Å². The number of imide groups is 1. The zero-order chi connectivity index (χ0) is 19.4. The molecule has 0 unspecified atom stereocenters. The van der Waals surface area contributed by atoms with Crippen LogP contribution in [0.4, 0.5) is 10.5 Å². The number of carbonyl (C=O) groups is 3. The molecule has 136 valence electrons. The summed E-state index contributed by atoms with van der Waals surface area (Å²) in [7, 11) is 0. The van der Waals surface area contributed by atoms with Gasteiger partial charge in [0.05, 0.1) is 17.5 Å². The van der Waals surface area contributed by atoms with E-state index in [-0.39, 0.29) is 5.56 Å². The molecule has 3 aromatic rings. The van der Waals surface area contributed by atoms with Crippen molar-refractivity contribution >= 4 is 35.1 Å². The van der Waals surface area contributed by atoms with Gasteiger partial charge in [-0.1, -0.05) is 29.8 Å². The van der Waals surface area contributed by atoms with Crippen molar-refractivity contribution in [3.8, 4) is 11.3 Å². The molecule has 0 bridgehead atoms. The van der Waals surface area contributed by atoms with E-state index in [9.17, 15) is 14.4 Å². The second kappa shape index (κ2) is 7.71. The van der Waals surface area contributed by atoms with Crippen LogP contribution in [0.25, 0.3) is 11.3 Å². The van der Waals surface area contributed by atoms with E-state index >= 15 is 0 Å². The number of halogens is 1. The smallest absolute Gasteiger partial charge is 0.319 e. The molecule has 4 amide bonds. The lowest BCUT2D eigenvalue weighted by atomic mass is 10.1. The minimum Gasteiger partial charge on any atom is -0.351 e. The van der Waals surface area contributed by atoms with Crippen molar-refractivity contribution in [2.75, 3.05) is 5.32 Å². The van der Waals surface area contributed by atoms with Gasteiger partial charge in [-0.25, -0.2) is 4.79 Å². The molecular formula is C18H14ClN5O3. The van der Waals surface area contributed by atoms with E-state index in [0.717, 1.165) is 0 Å². The standard InChI is InChI=1S/C18H14ClN5O3/c19-12-5-1-3-10(7-12)15-14(9-21-24-15)17(26)22-13-6-2-4-11(8-13)16(25)23-18(20)27/h1-9H,(H,21,24)(H,22,26)(H3,20,23,25,27). The van der Waals surface area contributed by atoms with Crippen molar-refractivity contribution in [3.05, 3.63) is 70.9 Å². The molecule has 0 atom stereocenters. The summed E-state index contributed by atoms with van der Waals surface area (Å²) in [5, 5.41) is 11.9. The van der Waals surface area contributed by atoms with E-state index in [1.807, 2.05) is 5.32 Å². The lowest BCUT2D eigenvalue weighted by Crippen LogP contribution is -2.34. The summed E-state index contributed by atoms with van der Waals surface area (Å²) in [5.74, 6) is -1.09. The number of aromatic nitrogens is 2. The molecule has 0 saturated heterocycles. The number of nitrogens with two attached hydrogens (primary N) is 1. The Kier molecular flexibility index (Phi) is 5.18. The van der Waals surface area contributed by atoms with Gasteiger partial charge in [0.25, 0.3) is 11.8 Å². The first kappa shape index (κ1) is 18.2. The highest BCUT2D eigenvalue weighted by Crippen LogP contribution is 2.24. The van der Waals surface area contributed by atoms with Crippen molar-refractivity contribution in [2.45, 2.75) is 0 Å². The van der Waals surface area contributed by atoms with Gasteiger partial charge in [-0.2, -0.15) is 5.10 Å². The number of urea groups is 1. The quantitative estimate of drug-likeness (QED) is 0.551. The minimum absolute atomic E-state index is 0.175. The van der Waals surface area contributed by atoms with Crippen LogP contribution in [-0.4, -0.2) is 28.0 Å². The van der Waals surface area contributed by atoms with E-state index in [2.05, 4.69) is 15.5 Å². The molecule has 27 heavy (non-hydrogen) atoms. The molecule has 3 rings (SSSR count). The maximum absolute atomic E-state index is 12.6. The van der Waals surface area contributed by atoms with Crippen molar-refractivity contribution in [3.63, 3.8) is 0 Å². The highest BCUT2D eigenvalue weighted by molar-refractivity contribution is 6.30. The fraction of sp³-hybridized carbons (Fsp3) is 0. The molecule has 0 fully saturated rings. The van der Waals surface area contributed by atoms with Crippen LogP contribution in [0.2, 0.25) is 5.02 Å². The third-order valence-electron chi connectivity index (χ3n) is 3.62. The number of H-pyrrole nitrogens is 1. The Labute approximate surface area is 158 Å². The first-order valence-corrected chi connectivity index (χ1v) is 8.13. The molecule has 1 heterocycles. The van der Waals surface area contributed by atoms with Crippen molar-refractivity contribution < 1.29 is 14.4 Å². The normalized spacial score (nSPS) is 10.3. The zero-order valence-electron chi connectivity index (χ0n) is 13.8. The third-order valence-corrected chi connectivity index (χ3v) is 3.85. The van der Waals surface area contributed by atoms with E-state index in [1.165, 1.54) is 18.3 Å². The van der Waals surface area contributed by atoms with Crippen LogP contribution in [0, 0.1) is 0 Å². The second-order valence-electron chi connectivity index (χ2n) is 5.52. The fourth-order valence-electron chi connectivity index (χ4n) is 2.44. The highest BCUT2D eigenvalue weighted by atomic mass is 35.5. The van der Waals surface area contributed by atoms with Crippen LogP contribution in [0.15, 0.2) is 54.7 Å². The number of benzene rings is 2. The molecule has 9 heteroatoms. The summed E-state index contributed by atoms with van der Waals surface area (Å²) in [6.45, 7) is 0. The number of carbonyl (C=O) groups excluding carboxylic acids is 3. The number of aromatic amines is 1. The van der Waals surface area contributed by atoms with Crippen LogP contribution in [-0.2, 0) is 0 Å². The Morgan fingerprint density at radius 2 is 1.81 bits per heavy atom. The molecule has 2 aromatic carbocycles. The number of nitrogens with one attached hydrogen (secondary N) is 3. The monoisotopic (exact) mass is 383 g/mol. The molecule has 0 aliphatic rings. The Morgan fingerprint density at radius 3 is 2.56 bits per heavy atom. The summed E-state index contributed by atoms with van der Waals surface area (Å²) in [6.07, 6.45) is 1.40. The van der Waals surface area contributed by atoms with Crippen LogP contribution in [0.3, 0.4) is 0 Å². The first-order valence-electron chi connectivity index (χ1n) is 7.75. The van der Waals surface area contributed by atoms with Gasteiger partial charge in [0.15, 0.2) is 0 Å². The van der Waals surface area contributed by atoms with E-state index in [4.69, 9.17) is 17.3 Å². The summed E-state index contributed by atoms with van der Waals surface area (Å²) in [4.78, 5) is 35.3. The number of hydrogen-bond acceptors (Lipinski definition) is 4. The van der Waals surface area contributed by atoms with E-state index < -0.39 is 17.8 Å². The highest BCUT2D eigenvalue weighted by Gasteiger charge is 2.16. The van der Waals surface area contributed by atoms with E-state index in [1.54, 1.807) is 36.4 Å². The minimum atomic E-state index is -0.959. The number of amides is 4. The lowest BCUT2D eigenvalue weighted by Gasteiger charge is -2.08. The summed E-state index contributed by atoms with van der Waals surface area (Å²) >= 11 is 6.00. The number of nitrogens with zero attached hydrogens (tertiary/aromatic N) is 1. The van der Waals surface area contributed by atoms with Gasteiger partial charge in [0.2, 0.25) is 0 Å². The van der Waals surface area contributed by atoms with Gasteiger partial charge >= 0.3 is 6.03 Å². The molecule has 0 spiro atoms. The average Bonchev–Trinajstić information content (AvgIpc) is 3.11. The molecule has 0 saturated carbocycles. The van der Waals surface area contributed by atoms with Crippen LogP contribution < -0.4 is 16.4 Å². The second-order valence-corrected chi connectivity index (χ2v) is 5.96. The van der Waals surface area contributed by atoms with Crippen molar-refractivity contribution in [1.82, 2.24) is 15.5 Å². The van der Waals surface area contributed by atoms with Crippen molar-refractivity contribution in [1.29, 1.82) is 0 Å². The largest absolute Gasteiger partial charge is 0.351 e. The van der Waals surface area contributed by atoms with Gasteiger partial charge in [0, 0.05) is 21.8 Å². The van der Waals surface area contributed by atoms with Crippen LogP contribution in [0.1, 0.15) is 20.7 Å². The molecule has 0 aliphatic heterocycles. The molecule has 0 radical (unpaired) electrons. The molecule has 8 nitrogen and oxygen atoms in total. The average molecular weight is 384 g/mol. The van der Waals surface area contributed by atoms with Gasteiger partial charge in [0.1, 0.15) is 0 Å². The SMILES string of the molecule is NC(=O)NC(=O)c1cccc(NC(=O)c2cn[nH]c2-c2cccc(Cl)c2)c1. The van der Waals surface area contributed by atoms with Gasteiger partial charge in [-0.15, -0.1) is 0 Å². The third kappa shape index (κ3) is 4.31. The number of anilines is 1.